The number of carbonyl (C=O) groups excluding carboxylic acids is 1. The largest absolute Gasteiger partial charge is 0.481 e. The zero-order valence-electron chi connectivity index (χ0n) is 14.0. The Kier molecular flexibility index (Phi) is 5.63. The molecule has 1 aromatic heterocycles. The molecule has 1 atom stereocenters. The monoisotopic (exact) mass is 378 g/mol. The van der Waals surface area contributed by atoms with Gasteiger partial charge >= 0.3 is 5.97 Å². The van der Waals surface area contributed by atoms with Crippen LogP contribution in [0.5, 0.6) is 0 Å². The summed E-state index contributed by atoms with van der Waals surface area (Å²) < 4.78 is 18.2. The molecule has 2 heterocycles. The van der Waals surface area contributed by atoms with Gasteiger partial charge in [-0.15, -0.1) is 11.3 Å². The first kappa shape index (κ1) is 18.5. The average molecular weight is 378 g/mol. The standard InChI is InChI=1S/C18H19FN2O4S/c19-13-3-1-12(2-4-13)7-16-20-14(10-26-16)8-15(22)21-18(9-17(23)24)5-6-25-11-18/h1-4,10H,5-9,11H2,(H,21,22)(H,23,24). The van der Waals surface area contributed by atoms with Gasteiger partial charge in [0.25, 0.3) is 0 Å². The lowest BCUT2D eigenvalue weighted by molar-refractivity contribution is -0.139. The van der Waals surface area contributed by atoms with Gasteiger partial charge in [0.1, 0.15) is 5.82 Å². The molecule has 0 aliphatic carbocycles. The van der Waals surface area contributed by atoms with Crippen LogP contribution in [0.15, 0.2) is 29.6 Å². The van der Waals surface area contributed by atoms with Crippen LogP contribution in [0.4, 0.5) is 4.39 Å². The second kappa shape index (κ2) is 7.92. The third kappa shape index (κ3) is 4.86. The first-order valence-corrected chi connectivity index (χ1v) is 9.10. The third-order valence-corrected chi connectivity index (χ3v) is 5.10. The molecule has 8 heteroatoms. The zero-order valence-corrected chi connectivity index (χ0v) is 14.9. The van der Waals surface area contributed by atoms with Crippen molar-refractivity contribution in [2.24, 2.45) is 0 Å². The number of aliphatic carboxylic acids is 1. The molecule has 26 heavy (non-hydrogen) atoms. The number of hydrogen-bond acceptors (Lipinski definition) is 5. The summed E-state index contributed by atoms with van der Waals surface area (Å²) in [5.41, 5.74) is 0.741. The summed E-state index contributed by atoms with van der Waals surface area (Å²) in [6.07, 6.45) is 0.980. The minimum Gasteiger partial charge on any atom is -0.481 e. The Hall–Kier alpha value is -2.32. The molecule has 1 fully saturated rings. The van der Waals surface area contributed by atoms with Crippen LogP contribution >= 0.6 is 11.3 Å². The number of carboxylic acids is 1. The van der Waals surface area contributed by atoms with E-state index >= 15 is 0 Å². The van der Waals surface area contributed by atoms with Crippen LogP contribution < -0.4 is 5.32 Å². The lowest BCUT2D eigenvalue weighted by Gasteiger charge is -2.26. The molecule has 0 radical (unpaired) electrons. The quantitative estimate of drug-likeness (QED) is 0.771. The topological polar surface area (TPSA) is 88.5 Å². The number of aromatic nitrogens is 1. The predicted octanol–water partition coefficient (Wildman–Crippen LogP) is 2.17. The fourth-order valence-electron chi connectivity index (χ4n) is 2.97. The highest BCUT2D eigenvalue weighted by Gasteiger charge is 2.38. The molecule has 0 saturated carbocycles. The van der Waals surface area contributed by atoms with Crippen molar-refractivity contribution in [3.63, 3.8) is 0 Å². The summed E-state index contributed by atoms with van der Waals surface area (Å²) in [5, 5.41) is 14.5. The van der Waals surface area contributed by atoms with Crippen LogP contribution in [0, 0.1) is 5.82 Å². The molecule has 1 unspecified atom stereocenters. The molecule has 1 aliphatic heterocycles. The lowest BCUT2D eigenvalue weighted by atomic mass is 9.94. The van der Waals surface area contributed by atoms with E-state index < -0.39 is 11.5 Å². The molecule has 138 valence electrons. The van der Waals surface area contributed by atoms with Crippen LogP contribution in [0.3, 0.4) is 0 Å². The van der Waals surface area contributed by atoms with Gasteiger partial charge in [-0.1, -0.05) is 12.1 Å². The summed E-state index contributed by atoms with van der Waals surface area (Å²) in [6.45, 7) is 0.643. The number of halogens is 1. The van der Waals surface area contributed by atoms with Gasteiger partial charge in [-0.05, 0) is 24.1 Å². The molecular formula is C18H19FN2O4S. The molecule has 2 N–H and O–H groups in total. The summed E-state index contributed by atoms with van der Waals surface area (Å²) in [5.74, 6) is -1.52. The van der Waals surface area contributed by atoms with E-state index in [2.05, 4.69) is 10.3 Å². The molecule has 1 amide bonds. The van der Waals surface area contributed by atoms with Crippen molar-refractivity contribution in [3.8, 4) is 0 Å². The van der Waals surface area contributed by atoms with Crippen molar-refractivity contribution in [3.05, 3.63) is 51.7 Å². The first-order valence-electron chi connectivity index (χ1n) is 8.22. The summed E-state index contributed by atoms with van der Waals surface area (Å²) in [6, 6.07) is 6.23. The third-order valence-electron chi connectivity index (χ3n) is 4.21. The van der Waals surface area contributed by atoms with E-state index in [1.54, 1.807) is 12.1 Å². The Morgan fingerprint density at radius 2 is 2.12 bits per heavy atom. The highest BCUT2D eigenvalue weighted by Crippen LogP contribution is 2.23. The predicted molar refractivity (Wildman–Crippen MR) is 93.6 cm³/mol. The molecule has 6 nitrogen and oxygen atoms in total. The Labute approximate surface area is 154 Å². The van der Waals surface area contributed by atoms with Crippen molar-refractivity contribution in [1.29, 1.82) is 0 Å². The van der Waals surface area contributed by atoms with E-state index in [4.69, 9.17) is 9.84 Å². The normalized spacial score (nSPS) is 19.4. The molecule has 1 aliphatic rings. The Balaban J connectivity index is 1.58. The average Bonchev–Trinajstić information content (AvgIpc) is 3.19. The number of rotatable bonds is 7. The van der Waals surface area contributed by atoms with Gasteiger partial charge < -0.3 is 15.2 Å². The highest BCUT2D eigenvalue weighted by atomic mass is 32.1. The van der Waals surface area contributed by atoms with E-state index in [1.165, 1.54) is 23.5 Å². The molecule has 2 aromatic rings. The summed E-state index contributed by atoms with van der Waals surface area (Å²) in [7, 11) is 0. The molecule has 1 saturated heterocycles. The number of amides is 1. The number of ether oxygens (including phenoxy) is 1. The number of nitrogens with one attached hydrogen (secondary N) is 1. The molecule has 0 bridgehead atoms. The van der Waals surface area contributed by atoms with Gasteiger partial charge in [-0.3, -0.25) is 9.59 Å². The highest BCUT2D eigenvalue weighted by molar-refractivity contribution is 7.09. The first-order chi connectivity index (χ1) is 12.4. The molecule has 3 rings (SSSR count). The Bertz CT molecular complexity index is 785. The van der Waals surface area contributed by atoms with E-state index in [0.29, 0.717) is 25.1 Å². The van der Waals surface area contributed by atoms with Gasteiger partial charge in [0.15, 0.2) is 0 Å². The van der Waals surface area contributed by atoms with Crippen LogP contribution in [0.1, 0.15) is 29.1 Å². The van der Waals surface area contributed by atoms with Crippen LogP contribution in [-0.2, 0) is 27.2 Å². The van der Waals surface area contributed by atoms with E-state index in [0.717, 1.165) is 10.6 Å². The van der Waals surface area contributed by atoms with Gasteiger partial charge in [0.2, 0.25) is 5.91 Å². The van der Waals surface area contributed by atoms with Crippen molar-refractivity contribution in [1.82, 2.24) is 10.3 Å². The van der Waals surface area contributed by atoms with Crippen molar-refractivity contribution < 1.29 is 23.8 Å². The number of hydrogen-bond donors (Lipinski definition) is 2. The zero-order chi connectivity index (χ0) is 18.6. The SMILES string of the molecule is O=C(O)CC1(NC(=O)Cc2csc(Cc3ccc(F)cc3)n2)CCOC1. The number of thiazole rings is 1. The van der Waals surface area contributed by atoms with Gasteiger partial charge in [-0.25, -0.2) is 9.37 Å². The number of carboxylic acid groups (broad SMARTS) is 1. The maximum atomic E-state index is 12.9. The Morgan fingerprint density at radius 1 is 1.35 bits per heavy atom. The Morgan fingerprint density at radius 3 is 2.77 bits per heavy atom. The van der Waals surface area contributed by atoms with Gasteiger partial charge in [0.05, 0.1) is 35.7 Å². The van der Waals surface area contributed by atoms with Crippen molar-refractivity contribution in [2.45, 2.75) is 31.2 Å². The molecular weight excluding hydrogens is 359 g/mol. The summed E-state index contributed by atoms with van der Waals surface area (Å²) in [4.78, 5) is 27.8. The van der Waals surface area contributed by atoms with Gasteiger partial charge in [-0.2, -0.15) is 0 Å². The molecule has 1 aromatic carbocycles. The molecule has 0 spiro atoms. The minimum atomic E-state index is -0.967. The smallest absolute Gasteiger partial charge is 0.305 e. The van der Waals surface area contributed by atoms with Crippen LogP contribution in [0.2, 0.25) is 0 Å². The maximum Gasteiger partial charge on any atom is 0.305 e. The van der Waals surface area contributed by atoms with E-state index in [1.807, 2.05) is 5.38 Å². The van der Waals surface area contributed by atoms with Crippen molar-refractivity contribution >= 4 is 23.2 Å². The van der Waals surface area contributed by atoms with Crippen molar-refractivity contribution in [2.75, 3.05) is 13.2 Å². The second-order valence-corrected chi connectivity index (χ2v) is 7.36. The number of nitrogens with zero attached hydrogens (tertiary/aromatic N) is 1. The van der Waals surface area contributed by atoms with Crippen LogP contribution in [0.25, 0.3) is 0 Å². The van der Waals surface area contributed by atoms with Crippen LogP contribution in [-0.4, -0.2) is 40.7 Å². The van der Waals surface area contributed by atoms with Gasteiger partial charge in [0, 0.05) is 18.4 Å². The maximum absolute atomic E-state index is 12.9. The fourth-order valence-corrected chi connectivity index (χ4v) is 3.80. The second-order valence-electron chi connectivity index (χ2n) is 6.41. The lowest BCUT2D eigenvalue weighted by Crippen LogP contribution is -2.51. The number of carbonyl (C=O) groups is 2. The minimum absolute atomic E-state index is 0.0846. The number of benzene rings is 1. The van der Waals surface area contributed by atoms with E-state index in [-0.39, 0.29) is 31.2 Å². The fraction of sp³-hybridized carbons (Fsp3) is 0.389. The van der Waals surface area contributed by atoms with E-state index in [9.17, 15) is 14.0 Å². The summed E-state index contributed by atoms with van der Waals surface area (Å²) >= 11 is 1.44.